The van der Waals surface area contributed by atoms with Gasteiger partial charge in [-0.3, -0.25) is 0 Å². The maximum Gasteiger partial charge on any atom is 0.194 e. The van der Waals surface area contributed by atoms with Crippen molar-refractivity contribution in [3.8, 4) is 0 Å². The van der Waals surface area contributed by atoms with E-state index >= 15 is 0 Å². The Morgan fingerprint density at radius 2 is 2.20 bits per heavy atom. The molecule has 1 atom stereocenters. The molecule has 0 aromatic carbocycles. The normalized spacial score (nSPS) is 21.2. The zero-order valence-electron chi connectivity index (χ0n) is 14.7. The summed E-state index contributed by atoms with van der Waals surface area (Å²) in [5.74, 6) is 1.87. The fourth-order valence-corrected chi connectivity index (χ4v) is 3.13. The van der Waals surface area contributed by atoms with Gasteiger partial charge in [0.15, 0.2) is 5.96 Å². The van der Waals surface area contributed by atoms with Crippen LogP contribution in [0, 0.1) is 0 Å². The molecule has 2 fully saturated rings. The monoisotopic (exact) mass is 461 g/mol. The summed E-state index contributed by atoms with van der Waals surface area (Å²) in [7, 11) is 0. The average Bonchev–Trinajstić information content (AvgIpc) is 3.06. The number of nitrogens with zero attached hydrogens (tertiary/aromatic N) is 4. The summed E-state index contributed by atoms with van der Waals surface area (Å²) in [6.45, 7) is 8.17. The van der Waals surface area contributed by atoms with Crippen LogP contribution in [0.1, 0.15) is 18.9 Å². The van der Waals surface area contributed by atoms with Gasteiger partial charge in [0.2, 0.25) is 0 Å². The number of halogens is 1. The molecule has 0 radical (unpaired) electrons. The summed E-state index contributed by atoms with van der Waals surface area (Å²) in [5.41, 5.74) is 1.12. The lowest BCUT2D eigenvalue weighted by Gasteiger charge is -2.29. The summed E-state index contributed by atoms with van der Waals surface area (Å²) >= 11 is 0. The lowest BCUT2D eigenvalue weighted by Crippen LogP contribution is -2.40. The van der Waals surface area contributed by atoms with Crippen LogP contribution < -0.4 is 10.2 Å². The van der Waals surface area contributed by atoms with Crippen LogP contribution in [0.5, 0.6) is 0 Å². The lowest BCUT2D eigenvalue weighted by molar-refractivity contribution is 0.122. The van der Waals surface area contributed by atoms with E-state index < -0.39 is 0 Å². The SMILES string of the molecule is CCNC(=NCc1cccnc1N1CCOCC1)N1CC[C@@H](O)C1.I. The Morgan fingerprint density at radius 1 is 1.40 bits per heavy atom. The van der Waals surface area contributed by atoms with Crippen LogP contribution in [0.15, 0.2) is 23.3 Å². The van der Waals surface area contributed by atoms with Gasteiger partial charge in [-0.2, -0.15) is 0 Å². The number of guanidine groups is 1. The fraction of sp³-hybridized carbons (Fsp3) is 0.647. The van der Waals surface area contributed by atoms with Gasteiger partial charge in [-0.15, -0.1) is 24.0 Å². The molecular weight excluding hydrogens is 433 g/mol. The minimum atomic E-state index is -0.254. The van der Waals surface area contributed by atoms with Gasteiger partial charge in [-0.05, 0) is 19.4 Å². The summed E-state index contributed by atoms with van der Waals surface area (Å²) < 4.78 is 5.43. The topological polar surface area (TPSA) is 73.2 Å². The molecule has 1 aromatic rings. The summed E-state index contributed by atoms with van der Waals surface area (Å²) in [6, 6.07) is 4.05. The Morgan fingerprint density at radius 3 is 2.88 bits per heavy atom. The molecule has 0 bridgehead atoms. The van der Waals surface area contributed by atoms with E-state index in [-0.39, 0.29) is 30.1 Å². The van der Waals surface area contributed by atoms with Gasteiger partial charge in [0.05, 0.1) is 25.9 Å². The molecule has 2 aliphatic rings. The number of rotatable bonds is 4. The number of aliphatic imine (C=N–C) groups is 1. The molecule has 0 aliphatic carbocycles. The molecule has 25 heavy (non-hydrogen) atoms. The third kappa shape index (κ3) is 5.42. The van der Waals surface area contributed by atoms with E-state index in [2.05, 4.69) is 33.1 Å². The molecular formula is C17H28IN5O2. The Kier molecular flexibility index (Phi) is 8.17. The van der Waals surface area contributed by atoms with E-state index in [1.165, 1.54) is 0 Å². The minimum absolute atomic E-state index is 0. The van der Waals surface area contributed by atoms with Crippen molar-refractivity contribution >= 4 is 35.8 Å². The van der Waals surface area contributed by atoms with Crippen molar-refractivity contribution in [1.29, 1.82) is 0 Å². The largest absolute Gasteiger partial charge is 0.391 e. The number of aromatic nitrogens is 1. The number of nitrogens with one attached hydrogen (secondary N) is 1. The third-order valence-corrected chi connectivity index (χ3v) is 4.38. The molecule has 7 nitrogen and oxygen atoms in total. The van der Waals surface area contributed by atoms with E-state index in [9.17, 15) is 5.11 Å². The molecule has 2 aliphatic heterocycles. The van der Waals surface area contributed by atoms with Gasteiger partial charge in [0.25, 0.3) is 0 Å². The average molecular weight is 461 g/mol. The van der Waals surface area contributed by atoms with Crippen LogP contribution in [0.4, 0.5) is 5.82 Å². The molecule has 3 heterocycles. The number of hydrogen-bond acceptors (Lipinski definition) is 5. The van der Waals surface area contributed by atoms with Gasteiger partial charge >= 0.3 is 0 Å². The molecule has 0 spiro atoms. The van der Waals surface area contributed by atoms with E-state index in [1.54, 1.807) is 0 Å². The number of morpholine rings is 1. The van der Waals surface area contributed by atoms with Gasteiger partial charge in [-0.1, -0.05) is 6.07 Å². The first-order valence-corrected chi connectivity index (χ1v) is 8.76. The first-order valence-electron chi connectivity index (χ1n) is 8.76. The van der Waals surface area contributed by atoms with Crippen LogP contribution in [0.2, 0.25) is 0 Å². The van der Waals surface area contributed by atoms with Crippen LogP contribution >= 0.6 is 24.0 Å². The predicted octanol–water partition coefficient (Wildman–Crippen LogP) is 1.07. The van der Waals surface area contributed by atoms with Gasteiger partial charge in [-0.25, -0.2) is 9.98 Å². The fourth-order valence-electron chi connectivity index (χ4n) is 3.13. The maximum atomic E-state index is 9.76. The molecule has 1 aromatic heterocycles. The lowest BCUT2D eigenvalue weighted by atomic mass is 10.2. The molecule has 3 rings (SSSR count). The van der Waals surface area contributed by atoms with Crippen molar-refractivity contribution < 1.29 is 9.84 Å². The van der Waals surface area contributed by atoms with Crippen LogP contribution in [-0.2, 0) is 11.3 Å². The molecule has 2 N–H and O–H groups in total. The van der Waals surface area contributed by atoms with Crippen molar-refractivity contribution in [2.24, 2.45) is 4.99 Å². The number of aliphatic hydroxyl groups excluding tert-OH is 1. The molecule has 140 valence electrons. The smallest absolute Gasteiger partial charge is 0.194 e. The second-order valence-electron chi connectivity index (χ2n) is 6.14. The molecule has 0 unspecified atom stereocenters. The molecule has 2 saturated heterocycles. The number of anilines is 1. The van der Waals surface area contributed by atoms with Crippen LogP contribution in [-0.4, -0.2) is 73.0 Å². The number of β-amino-alcohol motifs (C(OH)–C–C–N with tert-alkyl or cyclic N) is 1. The number of pyridine rings is 1. The number of likely N-dealkylation sites (tertiary alicyclic amines) is 1. The molecule has 0 amide bonds. The highest BCUT2D eigenvalue weighted by Gasteiger charge is 2.23. The Hall–Kier alpha value is -1.13. The van der Waals surface area contributed by atoms with Gasteiger partial charge in [0.1, 0.15) is 5.82 Å². The van der Waals surface area contributed by atoms with Gasteiger partial charge < -0.3 is 25.0 Å². The number of hydrogen-bond donors (Lipinski definition) is 2. The maximum absolute atomic E-state index is 9.76. The summed E-state index contributed by atoms with van der Waals surface area (Å²) in [4.78, 5) is 13.7. The quantitative estimate of drug-likeness (QED) is 0.397. The van der Waals surface area contributed by atoms with E-state index in [0.717, 1.165) is 63.2 Å². The second kappa shape index (κ2) is 10.1. The van der Waals surface area contributed by atoms with Crippen molar-refractivity contribution in [2.75, 3.05) is 50.8 Å². The Labute approximate surface area is 166 Å². The Bertz CT molecular complexity index is 566. The first-order chi connectivity index (χ1) is 11.8. The summed E-state index contributed by atoms with van der Waals surface area (Å²) in [5, 5.41) is 13.1. The predicted molar refractivity (Wildman–Crippen MR) is 110 cm³/mol. The van der Waals surface area contributed by atoms with E-state index in [1.807, 2.05) is 12.3 Å². The minimum Gasteiger partial charge on any atom is -0.391 e. The highest BCUT2D eigenvalue weighted by molar-refractivity contribution is 14.0. The van der Waals surface area contributed by atoms with E-state index in [4.69, 9.17) is 9.73 Å². The third-order valence-electron chi connectivity index (χ3n) is 4.38. The standard InChI is InChI=1S/C17H27N5O2.HI/c1-2-18-17(22-7-5-15(23)13-22)20-12-14-4-3-6-19-16(14)21-8-10-24-11-9-21;/h3-4,6,15,23H,2,5,7-13H2,1H3,(H,18,20);1H/t15-;/m1./s1. The zero-order chi connectivity index (χ0) is 16.8. The number of aliphatic hydroxyl groups is 1. The first kappa shape index (κ1) is 20.2. The molecule has 8 heteroatoms. The van der Waals surface area contributed by atoms with Crippen LogP contribution in [0.25, 0.3) is 0 Å². The summed E-state index contributed by atoms with van der Waals surface area (Å²) in [6.07, 6.45) is 2.38. The van der Waals surface area contributed by atoms with Crippen molar-refractivity contribution in [2.45, 2.75) is 26.0 Å². The highest BCUT2D eigenvalue weighted by Crippen LogP contribution is 2.19. The zero-order valence-corrected chi connectivity index (χ0v) is 17.1. The van der Waals surface area contributed by atoms with Crippen molar-refractivity contribution in [1.82, 2.24) is 15.2 Å². The second-order valence-corrected chi connectivity index (χ2v) is 6.14. The number of ether oxygens (including phenoxy) is 1. The Balaban J connectivity index is 0.00000225. The van der Waals surface area contributed by atoms with Crippen molar-refractivity contribution in [3.05, 3.63) is 23.9 Å². The van der Waals surface area contributed by atoms with Gasteiger partial charge in [0, 0.05) is 44.5 Å². The molecule has 0 saturated carbocycles. The van der Waals surface area contributed by atoms with Crippen molar-refractivity contribution in [3.63, 3.8) is 0 Å². The highest BCUT2D eigenvalue weighted by atomic mass is 127. The van der Waals surface area contributed by atoms with E-state index in [0.29, 0.717) is 13.1 Å². The van der Waals surface area contributed by atoms with Crippen LogP contribution in [0.3, 0.4) is 0 Å².